The Morgan fingerprint density at radius 1 is 1.50 bits per heavy atom. The number of rotatable bonds is 1. The van der Waals surface area contributed by atoms with Gasteiger partial charge in [-0.1, -0.05) is 6.92 Å². The van der Waals surface area contributed by atoms with Crippen LogP contribution in [0.15, 0.2) is 6.20 Å². The normalized spacial score (nSPS) is 8.64. The summed E-state index contributed by atoms with van der Waals surface area (Å²) in [6, 6.07) is 0. The standard InChI is InChI=1S/C5H9N3.C2H2O4/c1-2-4-3-7-8-5(4)6;3-1(4)2(5)6/h3H,2H2,1H3,(H3,6,7,8);(H,3,4)(H,5,6). The molecule has 1 aromatic rings. The van der Waals surface area contributed by atoms with Crippen molar-refractivity contribution < 1.29 is 19.8 Å². The number of aromatic amines is 1. The fourth-order valence-electron chi connectivity index (χ4n) is 0.609. The molecule has 7 heteroatoms. The van der Waals surface area contributed by atoms with Crippen LogP contribution in [0.2, 0.25) is 0 Å². The van der Waals surface area contributed by atoms with E-state index in [4.69, 9.17) is 25.5 Å². The number of aryl methyl sites for hydroxylation is 1. The van der Waals surface area contributed by atoms with Crippen LogP contribution in [0.3, 0.4) is 0 Å². The van der Waals surface area contributed by atoms with Gasteiger partial charge in [-0.05, 0) is 6.42 Å². The Hall–Kier alpha value is -2.05. The van der Waals surface area contributed by atoms with Crippen LogP contribution in [0.5, 0.6) is 0 Å². The van der Waals surface area contributed by atoms with Crippen LogP contribution in [-0.4, -0.2) is 32.3 Å². The molecule has 1 rings (SSSR count). The summed E-state index contributed by atoms with van der Waals surface area (Å²) < 4.78 is 0. The van der Waals surface area contributed by atoms with Gasteiger partial charge in [0.1, 0.15) is 5.82 Å². The van der Waals surface area contributed by atoms with Gasteiger partial charge in [-0.2, -0.15) is 5.10 Å². The average molecular weight is 201 g/mol. The quantitative estimate of drug-likeness (QED) is 0.462. The first kappa shape index (κ1) is 11.9. The van der Waals surface area contributed by atoms with E-state index >= 15 is 0 Å². The third kappa shape index (κ3) is 4.10. The molecular weight excluding hydrogens is 190 g/mol. The van der Waals surface area contributed by atoms with Crippen LogP contribution >= 0.6 is 0 Å². The lowest BCUT2D eigenvalue weighted by Crippen LogP contribution is -2.09. The van der Waals surface area contributed by atoms with E-state index < -0.39 is 11.9 Å². The van der Waals surface area contributed by atoms with Crippen molar-refractivity contribution in [2.24, 2.45) is 0 Å². The number of aromatic nitrogens is 2. The molecule has 0 aliphatic rings. The summed E-state index contributed by atoms with van der Waals surface area (Å²) in [6.07, 6.45) is 2.76. The Kier molecular flexibility index (Phi) is 4.76. The Labute approximate surface area is 79.5 Å². The number of aliphatic carboxylic acids is 2. The van der Waals surface area contributed by atoms with Gasteiger partial charge < -0.3 is 15.9 Å². The Bertz CT molecular complexity index is 308. The van der Waals surface area contributed by atoms with Gasteiger partial charge in [-0.15, -0.1) is 0 Å². The van der Waals surface area contributed by atoms with Crippen LogP contribution in [0.25, 0.3) is 0 Å². The zero-order valence-electron chi connectivity index (χ0n) is 7.52. The van der Waals surface area contributed by atoms with Crippen molar-refractivity contribution >= 4 is 17.8 Å². The number of nitrogen functional groups attached to an aromatic ring is 1. The fourth-order valence-corrected chi connectivity index (χ4v) is 0.609. The molecule has 0 saturated carbocycles. The molecule has 0 unspecified atom stereocenters. The van der Waals surface area contributed by atoms with E-state index in [1.807, 2.05) is 13.1 Å². The zero-order valence-corrected chi connectivity index (χ0v) is 7.52. The molecule has 0 atom stereocenters. The van der Waals surface area contributed by atoms with E-state index in [-0.39, 0.29) is 0 Å². The second-order valence-corrected chi connectivity index (χ2v) is 2.26. The second kappa shape index (κ2) is 5.57. The molecule has 0 aromatic carbocycles. The molecule has 14 heavy (non-hydrogen) atoms. The highest BCUT2D eigenvalue weighted by atomic mass is 16.4. The van der Waals surface area contributed by atoms with Crippen molar-refractivity contribution in [3.05, 3.63) is 11.8 Å². The highest BCUT2D eigenvalue weighted by molar-refractivity contribution is 6.27. The lowest BCUT2D eigenvalue weighted by molar-refractivity contribution is -0.159. The van der Waals surface area contributed by atoms with Gasteiger partial charge in [-0.25, -0.2) is 9.59 Å². The smallest absolute Gasteiger partial charge is 0.414 e. The predicted molar refractivity (Wildman–Crippen MR) is 47.6 cm³/mol. The third-order valence-corrected chi connectivity index (χ3v) is 1.32. The zero-order chi connectivity index (χ0) is 11.1. The molecule has 0 saturated heterocycles. The Morgan fingerprint density at radius 2 is 2.00 bits per heavy atom. The molecule has 0 radical (unpaired) electrons. The second-order valence-electron chi connectivity index (χ2n) is 2.26. The number of hydrogen-bond acceptors (Lipinski definition) is 4. The molecule has 0 fully saturated rings. The van der Waals surface area contributed by atoms with Gasteiger partial charge >= 0.3 is 11.9 Å². The van der Waals surface area contributed by atoms with Crippen LogP contribution in [0, 0.1) is 0 Å². The van der Waals surface area contributed by atoms with Crippen LogP contribution in [0.1, 0.15) is 12.5 Å². The molecule has 0 aliphatic carbocycles. The number of carbonyl (C=O) groups is 2. The number of anilines is 1. The fraction of sp³-hybridized carbons (Fsp3) is 0.286. The summed E-state index contributed by atoms with van der Waals surface area (Å²) in [7, 11) is 0. The number of carboxylic acids is 2. The maximum atomic E-state index is 9.10. The molecule has 0 amide bonds. The van der Waals surface area contributed by atoms with Crippen molar-refractivity contribution in [1.82, 2.24) is 10.2 Å². The van der Waals surface area contributed by atoms with E-state index in [1.165, 1.54) is 0 Å². The molecule has 1 heterocycles. The minimum Gasteiger partial charge on any atom is -0.473 e. The largest absolute Gasteiger partial charge is 0.473 e. The first-order valence-electron chi connectivity index (χ1n) is 3.73. The van der Waals surface area contributed by atoms with Gasteiger partial charge in [0, 0.05) is 11.8 Å². The van der Waals surface area contributed by atoms with E-state index in [1.54, 1.807) is 0 Å². The first-order chi connectivity index (χ1) is 6.49. The summed E-state index contributed by atoms with van der Waals surface area (Å²) in [4.78, 5) is 18.2. The Morgan fingerprint density at radius 3 is 2.14 bits per heavy atom. The van der Waals surface area contributed by atoms with Gasteiger partial charge in [0.05, 0.1) is 0 Å². The lowest BCUT2D eigenvalue weighted by Gasteiger charge is -1.85. The third-order valence-electron chi connectivity index (χ3n) is 1.32. The average Bonchev–Trinajstić information content (AvgIpc) is 2.51. The first-order valence-corrected chi connectivity index (χ1v) is 3.73. The van der Waals surface area contributed by atoms with Crippen molar-refractivity contribution in [1.29, 1.82) is 0 Å². The molecule has 0 bridgehead atoms. The maximum absolute atomic E-state index is 9.10. The number of nitrogens with two attached hydrogens (primary N) is 1. The lowest BCUT2D eigenvalue weighted by atomic mass is 10.3. The molecular formula is C7H11N3O4. The molecule has 5 N–H and O–H groups in total. The van der Waals surface area contributed by atoms with Crippen LogP contribution in [0.4, 0.5) is 5.82 Å². The summed E-state index contributed by atoms with van der Waals surface area (Å²) in [5, 5.41) is 21.2. The molecule has 78 valence electrons. The van der Waals surface area contributed by atoms with Gasteiger partial charge in [0.2, 0.25) is 0 Å². The minimum absolute atomic E-state index is 0.618. The SMILES string of the molecule is CCc1c[nH]nc1N.O=C(O)C(=O)O. The van der Waals surface area contributed by atoms with E-state index in [9.17, 15) is 0 Å². The minimum atomic E-state index is -1.82. The number of H-pyrrole nitrogens is 1. The van der Waals surface area contributed by atoms with Gasteiger partial charge in [-0.3, -0.25) is 5.10 Å². The van der Waals surface area contributed by atoms with Crippen LogP contribution < -0.4 is 5.73 Å². The maximum Gasteiger partial charge on any atom is 0.414 e. The molecule has 1 aromatic heterocycles. The molecule has 0 aliphatic heterocycles. The monoisotopic (exact) mass is 201 g/mol. The number of nitrogens with zero attached hydrogens (tertiary/aromatic N) is 1. The Balaban J connectivity index is 0.000000255. The van der Waals surface area contributed by atoms with Crippen molar-refractivity contribution in [2.75, 3.05) is 5.73 Å². The summed E-state index contributed by atoms with van der Waals surface area (Å²) in [5.41, 5.74) is 6.50. The van der Waals surface area contributed by atoms with Crippen LogP contribution in [-0.2, 0) is 16.0 Å². The summed E-state index contributed by atoms with van der Waals surface area (Å²) in [5.74, 6) is -3.03. The van der Waals surface area contributed by atoms with E-state index in [0.717, 1.165) is 12.0 Å². The number of hydrogen-bond donors (Lipinski definition) is 4. The van der Waals surface area contributed by atoms with Gasteiger partial charge in [0.15, 0.2) is 0 Å². The van der Waals surface area contributed by atoms with Crippen molar-refractivity contribution in [3.8, 4) is 0 Å². The highest BCUT2D eigenvalue weighted by Crippen LogP contribution is 2.04. The highest BCUT2D eigenvalue weighted by Gasteiger charge is 2.04. The van der Waals surface area contributed by atoms with Gasteiger partial charge in [0.25, 0.3) is 0 Å². The number of carboxylic acid groups (broad SMARTS) is 2. The van der Waals surface area contributed by atoms with Crippen molar-refractivity contribution in [2.45, 2.75) is 13.3 Å². The summed E-state index contributed by atoms with van der Waals surface area (Å²) in [6.45, 7) is 2.04. The molecule has 7 nitrogen and oxygen atoms in total. The van der Waals surface area contributed by atoms with E-state index in [2.05, 4.69) is 10.2 Å². The predicted octanol–water partition coefficient (Wildman–Crippen LogP) is -0.290. The van der Waals surface area contributed by atoms with E-state index in [0.29, 0.717) is 5.82 Å². The topological polar surface area (TPSA) is 129 Å². The number of nitrogens with one attached hydrogen (secondary N) is 1. The summed E-state index contributed by atoms with van der Waals surface area (Å²) >= 11 is 0. The molecule has 0 spiro atoms. The van der Waals surface area contributed by atoms with Crippen molar-refractivity contribution in [3.63, 3.8) is 0 Å².